The summed E-state index contributed by atoms with van der Waals surface area (Å²) in [6.45, 7) is 1.46. The summed E-state index contributed by atoms with van der Waals surface area (Å²) in [6, 6.07) is 0. The first kappa shape index (κ1) is 9.03. The first-order valence-electron chi connectivity index (χ1n) is 3.73. The van der Waals surface area contributed by atoms with Crippen molar-refractivity contribution in [3.8, 4) is 0 Å². The van der Waals surface area contributed by atoms with E-state index in [0.29, 0.717) is 0 Å². The highest BCUT2D eigenvalue weighted by Crippen LogP contribution is 2.25. The van der Waals surface area contributed by atoms with Crippen molar-refractivity contribution in [2.24, 2.45) is 0 Å². The molecular formula is C8H11IO2. The predicted octanol–water partition coefficient (Wildman–Crippen LogP) is 2.42. The number of carbonyl (C=O) groups excluding carboxylic acids is 1. The first-order valence-corrected chi connectivity index (χ1v) is 4.81. The Hall–Kier alpha value is -0.0600. The predicted molar refractivity (Wildman–Crippen MR) is 51.5 cm³/mol. The molecule has 2 nitrogen and oxygen atoms in total. The second-order valence-corrected chi connectivity index (χ2v) is 3.86. The van der Waals surface area contributed by atoms with Crippen molar-refractivity contribution >= 4 is 28.6 Å². The van der Waals surface area contributed by atoms with Crippen LogP contribution in [0.4, 0.5) is 0 Å². The normalized spacial score (nSPS) is 24.2. The molecule has 0 N–H and O–H groups in total. The quantitative estimate of drug-likeness (QED) is 0.538. The minimum absolute atomic E-state index is 0.0434. The van der Waals surface area contributed by atoms with Gasteiger partial charge in [-0.15, -0.1) is 0 Å². The Morgan fingerprint density at radius 3 is 3.09 bits per heavy atom. The van der Waals surface area contributed by atoms with Crippen LogP contribution in [0.1, 0.15) is 26.2 Å². The van der Waals surface area contributed by atoms with Crippen molar-refractivity contribution in [2.75, 3.05) is 0 Å². The summed E-state index contributed by atoms with van der Waals surface area (Å²) in [6.07, 6.45) is 5.41. The summed E-state index contributed by atoms with van der Waals surface area (Å²) in [5.74, 6) is -0.181. The van der Waals surface area contributed by atoms with E-state index in [9.17, 15) is 4.79 Å². The number of allylic oxidation sites excluding steroid dienone is 1. The highest BCUT2D eigenvalue weighted by atomic mass is 127. The lowest BCUT2D eigenvalue weighted by Crippen LogP contribution is -2.18. The van der Waals surface area contributed by atoms with Crippen LogP contribution in [0.15, 0.2) is 9.66 Å². The van der Waals surface area contributed by atoms with Gasteiger partial charge < -0.3 is 4.74 Å². The van der Waals surface area contributed by atoms with Gasteiger partial charge in [-0.3, -0.25) is 4.79 Å². The van der Waals surface area contributed by atoms with Crippen molar-refractivity contribution in [2.45, 2.75) is 32.3 Å². The third kappa shape index (κ3) is 2.81. The van der Waals surface area contributed by atoms with Crippen LogP contribution in [-0.4, -0.2) is 12.1 Å². The minimum atomic E-state index is -0.181. The summed E-state index contributed by atoms with van der Waals surface area (Å²) in [7, 11) is 0. The SMILES string of the molecule is CC(=O)O[C@@H]1CCCC=C1I. The number of halogens is 1. The number of ether oxygens (including phenoxy) is 1. The van der Waals surface area contributed by atoms with E-state index in [2.05, 4.69) is 28.7 Å². The number of esters is 1. The van der Waals surface area contributed by atoms with E-state index in [-0.39, 0.29) is 12.1 Å². The van der Waals surface area contributed by atoms with Gasteiger partial charge in [0.05, 0.1) is 0 Å². The van der Waals surface area contributed by atoms with Crippen molar-refractivity contribution in [1.82, 2.24) is 0 Å². The summed E-state index contributed by atoms with van der Waals surface area (Å²) in [5, 5.41) is 0. The average Bonchev–Trinajstić information content (AvgIpc) is 1.93. The molecule has 0 aromatic carbocycles. The van der Waals surface area contributed by atoms with E-state index in [1.165, 1.54) is 10.5 Å². The van der Waals surface area contributed by atoms with E-state index in [4.69, 9.17) is 4.74 Å². The van der Waals surface area contributed by atoms with Gasteiger partial charge in [0.15, 0.2) is 0 Å². The highest BCUT2D eigenvalue weighted by molar-refractivity contribution is 14.1. The number of carbonyl (C=O) groups is 1. The van der Waals surface area contributed by atoms with Gasteiger partial charge >= 0.3 is 5.97 Å². The van der Waals surface area contributed by atoms with Gasteiger partial charge in [-0.1, -0.05) is 6.08 Å². The zero-order valence-corrected chi connectivity index (χ0v) is 8.63. The van der Waals surface area contributed by atoms with E-state index in [0.717, 1.165) is 19.3 Å². The number of hydrogen-bond donors (Lipinski definition) is 0. The fraction of sp³-hybridized carbons (Fsp3) is 0.625. The molecule has 0 aliphatic heterocycles. The average molecular weight is 266 g/mol. The van der Waals surface area contributed by atoms with Gasteiger partial charge in [-0.2, -0.15) is 0 Å². The third-order valence-electron chi connectivity index (χ3n) is 1.63. The van der Waals surface area contributed by atoms with Crippen molar-refractivity contribution in [3.05, 3.63) is 9.66 Å². The largest absolute Gasteiger partial charge is 0.457 e. The van der Waals surface area contributed by atoms with Crippen LogP contribution in [0.2, 0.25) is 0 Å². The lowest BCUT2D eigenvalue weighted by Gasteiger charge is -2.19. The molecule has 0 saturated carbocycles. The molecule has 1 aliphatic rings. The molecule has 0 aromatic heterocycles. The summed E-state index contributed by atoms with van der Waals surface area (Å²) >= 11 is 2.24. The molecule has 0 unspecified atom stereocenters. The van der Waals surface area contributed by atoms with Crippen molar-refractivity contribution in [1.29, 1.82) is 0 Å². The minimum Gasteiger partial charge on any atom is -0.457 e. The van der Waals surface area contributed by atoms with Crippen molar-refractivity contribution in [3.63, 3.8) is 0 Å². The summed E-state index contributed by atoms with van der Waals surface area (Å²) < 4.78 is 6.26. The molecular weight excluding hydrogens is 255 g/mol. The first-order chi connectivity index (χ1) is 5.20. The maximum absolute atomic E-state index is 10.6. The van der Waals surface area contributed by atoms with Crippen LogP contribution in [-0.2, 0) is 9.53 Å². The smallest absolute Gasteiger partial charge is 0.303 e. The second-order valence-electron chi connectivity index (χ2n) is 2.62. The van der Waals surface area contributed by atoms with E-state index >= 15 is 0 Å². The van der Waals surface area contributed by atoms with Crippen LogP contribution in [0.3, 0.4) is 0 Å². The lowest BCUT2D eigenvalue weighted by molar-refractivity contribution is -0.144. The van der Waals surface area contributed by atoms with Gasteiger partial charge in [0.2, 0.25) is 0 Å². The van der Waals surface area contributed by atoms with Crippen molar-refractivity contribution < 1.29 is 9.53 Å². The monoisotopic (exact) mass is 266 g/mol. The van der Waals surface area contributed by atoms with Gasteiger partial charge in [0.25, 0.3) is 0 Å². The molecule has 0 fully saturated rings. The van der Waals surface area contributed by atoms with Crippen LogP contribution in [0.25, 0.3) is 0 Å². The number of hydrogen-bond acceptors (Lipinski definition) is 2. The van der Waals surface area contributed by atoms with Gasteiger partial charge in [-0.05, 0) is 41.9 Å². The van der Waals surface area contributed by atoms with Crippen LogP contribution in [0.5, 0.6) is 0 Å². The Morgan fingerprint density at radius 1 is 1.82 bits per heavy atom. The lowest BCUT2D eigenvalue weighted by atomic mass is 10.1. The molecule has 0 radical (unpaired) electrons. The second kappa shape index (κ2) is 4.09. The molecule has 0 amide bonds. The molecule has 1 rings (SSSR count). The van der Waals surface area contributed by atoms with Crippen LogP contribution < -0.4 is 0 Å². The Kier molecular flexibility index (Phi) is 3.36. The molecule has 1 atom stereocenters. The standard InChI is InChI=1S/C8H11IO2/c1-6(10)11-8-5-3-2-4-7(8)9/h4,8H,2-3,5H2,1H3/t8-/m1/s1. The molecule has 3 heteroatoms. The Labute approximate surface area is 80.1 Å². The molecule has 0 spiro atoms. The Morgan fingerprint density at radius 2 is 2.55 bits per heavy atom. The fourth-order valence-electron chi connectivity index (χ4n) is 1.13. The Balaban J connectivity index is 2.50. The zero-order chi connectivity index (χ0) is 8.27. The van der Waals surface area contributed by atoms with Crippen LogP contribution >= 0.6 is 22.6 Å². The molecule has 0 saturated heterocycles. The summed E-state index contributed by atoms with van der Waals surface area (Å²) in [4.78, 5) is 10.6. The molecule has 0 bridgehead atoms. The third-order valence-corrected chi connectivity index (χ3v) is 2.76. The van der Waals surface area contributed by atoms with Gasteiger partial charge in [0.1, 0.15) is 6.10 Å². The van der Waals surface area contributed by atoms with E-state index < -0.39 is 0 Å². The molecule has 0 heterocycles. The van der Waals surface area contributed by atoms with Gasteiger partial charge in [-0.25, -0.2) is 0 Å². The molecule has 11 heavy (non-hydrogen) atoms. The molecule has 0 aromatic rings. The maximum Gasteiger partial charge on any atom is 0.303 e. The summed E-state index contributed by atoms with van der Waals surface area (Å²) in [5.41, 5.74) is 0. The molecule has 62 valence electrons. The Bertz CT molecular complexity index is 187. The van der Waals surface area contributed by atoms with Crippen LogP contribution in [0, 0.1) is 0 Å². The topological polar surface area (TPSA) is 26.3 Å². The van der Waals surface area contributed by atoms with E-state index in [1.54, 1.807) is 0 Å². The highest BCUT2D eigenvalue weighted by Gasteiger charge is 2.17. The molecule has 1 aliphatic carbocycles. The van der Waals surface area contributed by atoms with E-state index in [1.807, 2.05) is 0 Å². The number of rotatable bonds is 1. The van der Waals surface area contributed by atoms with Gasteiger partial charge in [0, 0.05) is 10.5 Å². The fourth-order valence-corrected chi connectivity index (χ4v) is 1.88. The maximum atomic E-state index is 10.6. The zero-order valence-electron chi connectivity index (χ0n) is 6.47.